The van der Waals surface area contributed by atoms with E-state index in [4.69, 9.17) is 0 Å². The predicted molar refractivity (Wildman–Crippen MR) is 67.9 cm³/mol. The standard InChI is InChI=1S/C14H25NO2/c1-10(2)11-6-8-14(9-7-11,13(16)17)15(3)12-4-5-12/h10-12H,4-9H2,1-3H3,(H,16,17). The van der Waals surface area contributed by atoms with Crippen LogP contribution in [0.25, 0.3) is 0 Å². The molecular formula is C14H25NO2. The summed E-state index contributed by atoms with van der Waals surface area (Å²) < 4.78 is 0. The molecule has 1 N–H and O–H groups in total. The molecule has 98 valence electrons. The zero-order valence-corrected chi connectivity index (χ0v) is 11.3. The Bertz CT molecular complexity index is 289. The summed E-state index contributed by atoms with van der Waals surface area (Å²) in [6.45, 7) is 4.51. The molecule has 0 radical (unpaired) electrons. The summed E-state index contributed by atoms with van der Waals surface area (Å²) >= 11 is 0. The maximum absolute atomic E-state index is 11.7. The average molecular weight is 239 g/mol. The van der Waals surface area contributed by atoms with Crippen LogP contribution in [0.4, 0.5) is 0 Å². The summed E-state index contributed by atoms with van der Waals surface area (Å²) in [4.78, 5) is 13.8. The van der Waals surface area contributed by atoms with Gasteiger partial charge in [0.1, 0.15) is 5.54 Å². The minimum Gasteiger partial charge on any atom is -0.480 e. The summed E-state index contributed by atoms with van der Waals surface area (Å²) in [6, 6.07) is 0.529. The van der Waals surface area contributed by atoms with Crippen LogP contribution < -0.4 is 0 Å². The quantitative estimate of drug-likeness (QED) is 0.820. The normalized spacial score (nSPS) is 34.3. The zero-order chi connectivity index (χ0) is 12.6. The maximum Gasteiger partial charge on any atom is 0.324 e. The van der Waals surface area contributed by atoms with Crippen molar-refractivity contribution in [1.82, 2.24) is 4.90 Å². The lowest BCUT2D eigenvalue weighted by atomic mass is 9.72. The van der Waals surface area contributed by atoms with Crippen LogP contribution >= 0.6 is 0 Å². The van der Waals surface area contributed by atoms with Gasteiger partial charge in [0.2, 0.25) is 0 Å². The second kappa shape index (κ2) is 4.60. The Labute approximate surface area is 104 Å². The Morgan fingerprint density at radius 1 is 1.24 bits per heavy atom. The van der Waals surface area contributed by atoms with Crippen LogP contribution in [0, 0.1) is 11.8 Å². The molecule has 0 unspecified atom stereocenters. The van der Waals surface area contributed by atoms with E-state index in [1.807, 2.05) is 7.05 Å². The summed E-state index contributed by atoms with van der Waals surface area (Å²) in [6.07, 6.45) is 6.16. The Kier molecular flexibility index (Phi) is 3.48. The van der Waals surface area contributed by atoms with Gasteiger partial charge >= 0.3 is 5.97 Å². The molecule has 0 atom stereocenters. The molecule has 2 rings (SSSR count). The SMILES string of the molecule is CC(C)C1CCC(C(=O)O)(N(C)C2CC2)CC1. The van der Waals surface area contributed by atoms with Crippen molar-refractivity contribution in [3.05, 3.63) is 0 Å². The molecule has 17 heavy (non-hydrogen) atoms. The molecule has 2 saturated carbocycles. The van der Waals surface area contributed by atoms with Crippen molar-refractivity contribution >= 4 is 5.97 Å². The van der Waals surface area contributed by atoms with Crippen molar-refractivity contribution in [3.63, 3.8) is 0 Å². The summed E-state index contributed by atoms with van der Waals surface area (Å²) in [5, 5.41) is 9.62. The molecule has 0 amide bonds. The smallest absolute Gasteiger partial charge is 0.324 e. The first-order valence-electron chi connectivity index (χ1n) is 6.93. The number of likely N-dealkylation sites (N-methyl/N-ethyl adjacent to an activating group) is 1. The van der Waals surface area contributed by atoms with Gasteiger partial charge in [-0.05, 0) is 57.4 Å². The first kappa shape index (κ1) is 12.9. The zero-order valence-electron chi connectivity index (χ0n) is 11.3. The fraction of sp³-hybridized carbons (Fsp3) is 0.929. The minimum absolute atomic E-state index is 0.529. The van der Waals surface area contributed by atoms with Gasteiger partial charge in [-0.3, -0.25) is 9.69 Å². The van der Waals surface area contributed by atoms with Gasteiger partial charge in [-0.1, -0.05) is 13.8 Å². The molecule has 0 aromatic rings. The number of aliphatic carboxylic acids is 1. The Morgan fingerprint density at radius 3 is 2.12 bits per heavy atom. The van der Waals surface area contributed by atoms with E-state index in [2.05, 4.69) is 18.7 Å². The fourth-order valence-electron chi connectivity index (χ4n) is 3.31. The van der Waals surface area contributed by atoms with Crippen LogP contribution in [0.3, 0.4) is 0 Å². The van der Waals surface area contributed by atoms with Crippen LogP contribution in [0.5, 0.6) is 0 Å². The highest BCUT2D eigenvalue weighted by molar-refractivity contribution is 5.79. The van der Waals surface area contributed by atoms with Gasteiger partial charge in [-0.15, -0.1) is 0 Å². The van der Waals surface area contributed by atoms with Crippen molar-refractivity contribution in [3.8, 4) is 0 Å². The van der Waals surface area contributed by atoms with E-state index in [9.17, 15) is 9.90 Å². The molecular weight excluding hydrogens is 214 g/mol. The first-order chi connectivity index (χ1) is 7.97. The summed E-state index contributed by atoms with van der Waals surface area (Å²) in [5.74, 6) is 0.803. The topological polar surface area (TPSA) is 40.5 Å². The molecule has 0 aromatic carbocycles. The Morgan fingerprint density at radius 2 is 1.76 bits per heavy atom. The van der Waals surface area contributed by atoms with E-state index in [-0.39, 0.29) is 0 Å². The van der Waals surface area contributed by atoms with Gasteiger partial charge in [0.05, 0.1) is 0 Å². The molecule has 2 aliphatic carbocycles. The molecule has 2 aliphatic rings. The number of hydrogen-bond donors (Lipinski definition) is 1. The highest BCUT2D eigenvalue weighted by Gasteiger charge is 2.49. The van der Waals surface area contributed by atoms with E-state index < -0.39 is 11.5 Å². The number of nitrogens with zero attached hydrogens (tertiary/aromatic N) is 1. The highest BCUT2D eigenvalue weighted by atomic mass is 16.4. The molecule has 3 heteroatoms. The second-order valence-electron chi connectivity index (χ2n) is 6.26. The van der Waals surface area contributed by atoms with Gasteiger partial charge in [0.25, 0.3) is 0 Å². The molecule has 0 aliphatic heterocycles. The number of rotatable bonds is 4. The number of carboxylic acids is 1. The van der Waals surface area contributed by atoms with Gasteiger partial charge in [0.15, 0.2) is 0 Å². The third-order valence-electron chi connectivity index (χ3n) is 4.97. The van der Waals surface area contributed by atoms with Crippen LogP contribution in [0.15, 0.2) is 0 Å². The van der Waals surface area contributed by atoms with Crippen LogP contribution in [-0.2, 0) is 4.79 Å². The lowest BCUT2D eigenvalue weighted by molar-refractivity contribution is -0.154. The van der Waals surface area contributed by atoms with Crippen molar-refractivity contribution in [2.75, 3.05) is 7.05 Å². The molecule has 0 aromatic heterocycles. The third kappa shape index (κ3) is 2.35. The largest absolute Gasteiger partial charge is 0.480 e. The molecule has 0 heterocycles. The van der Waals surface area contributed by atoms with E-state index >= 15 is 0 Å². The van der Waals surface area contributed by atoms with E-state index in [1.54, 1.807) is 0 Å². The van der Waals surface area contributed by atoms with Crippen molar-refractivity contribution in [2.24, 2.45) is 11.8 Å². The number of hydrogen-bond acceptors (Lipinski definition) is 2. The molecule has 3 nitrogen and oxygen atoms in total. The Balaban J connectivity index is 2.07. The van der Waals surface area contributed by atoms with Crippen LogP contribution in [-0.4, -0.2) is 34.6 Å². The molecule has 0 bridgehead atoms. The lowest BCUT2D eigenvalue weighted by Crippen LogP contribution is -2.56. The summed E-state index contributed by atoms with van der Waals surface area (Å²) in [7, 11) is 2.02. The predicted octanol–water partition coefficient (Wildman–Crippen LogP) is 2.75. The van der Waals surface area contributed by atoms with Gasteiger partial charge < -0.3 is 5.11 Å². The molecule has 0 spiro atoms. The van der Waals surface area contributed by atoms with E-state index in [0.717, 1.165) is 31.6 Å². The fourth-order valence-corrected chi connectivity index (χ4v) is 3.31. The second-order valence-corrected chi connectivity index (χ2v) is 6.26. The number of carbonyl (C=O) groups is 1. The monoisotopic (exact) mass is 239 g/mol. The third-order valence-corrected chi connectivity index (χ3v) is 4.97. The maximum atomic E-state index is 11.7. The van der Waals surface area contributed by atoms with Crippen LogP contribution in [0.1, 0.15) is 52.4 Å². The van der Waals surface area contributed by atoms with Crippen LogP contribution in [0.2, 0.25) is 0 Å². The van der Waals surface area contributed by atoms with Crippen molar-refractivity contribution in [2.45, 2.75) is 64.0 Å². The Hall–Kier alpha value is -0.570. The summed E-state index contributed by atoms with van der Waals surface area (Å²) in [5.41, 5.74) is -0.563. The van der Waals surface area contributed by atoms with Crippen molar-refractivity contribution < 1.29 is 9.90 Å². The molecule has 2 fully saturated rings. The minimum atomic E-state index is -0.603. The molecule has 0 saturated heterocycles. The number of carboxylic acid groups (broad SMARTS) is 1. The van der Waals surface area contributed by atoms with Gasteiger partial charge in [0, 0.05) is 6.04 Å². The van der Waals surface area contributed by atoms with Gasteiger partial charge in [-0.2, -0.15) is 0 Å². The highest BCUT2D eigenvalue weighted by Crippen LogP contribution is 2.43. The average Bonchev–Trinajstić information content (AvgIpc) is 3.11. The van der Waals surface area contributed by atoms with Crippen molar-refractivity contribution in [1.29, 1.82) is 0 Å². The van der Waals surface area contributed by atoms with Gasteiger partial charge in [-0.25, -0.2) is 0 Å². The first-order valence-corrected chi connectivity index (χ1v) is 6.93. The van der Waals surface area contributed by atoms with E-state index in [0.29, 0.717) is 12.0 Å². The lowest BCUT2D eigenvalue weighted by Gasteiger charge is -2.44. The van der Waals surface area contributed by atoms with E-state index in [1.165, 1.54) is 12.8 Å².